The van der Waals surface area contributed by atoms with Crippen molar-refractivity contribution in [2.24, 2.45) is 5.92 Å². The third kappa shape index (κ3) is 1.40. The van der Waals surface area contributed by atoms with Crippen LogP contribution in [0.5, 0.6) is 11.5 Å². The van der Waals surface area contributed by atoms with Gasteiger partial charge in [-0.3, -0.25) is 4.98 Å². The highest BCUT2D eigenvalue weighted by Crippen LogP contribution is 2.33. The lowest BCUT2D eigenvalue weighted by molar-refractivity contribution is 0.234. The molecular weight excluding hydrogens is 202 g/mol. The molecule has 1 N–H and O–H groups in total. The van der Waals surface area contributed by atoms with E-state index in [1.54, 1.807) is 18.3 Å². The SMILES string of the molecule is CC1COc2cnc3ccc(O)cc3c2C1. The molecule has 1 aromatic heterocycles. The van der Waals surface area contributed by atoms with Crippen LogP contribution >= 0.6 is 0 Å². The van der Waals surface area contributed by atoms with Gasteiger partial charge in [0, 0.05) is 10.9 Å². The molecule has 82 valence electrons. The predicted molar refractivity (Wildman–Crippen MR) is 61.8 cm³/mol. The van der Waals surface area contributed by atoms with E-state index >= 15 is 0 Å². The Kier molecular flexibility index (Phi) is 1.99. The number of phenolic OH excluding ortho intramolecular Hbond substituents is 1. The average Bonchev–Trinajstić information content (AvgIpc) is 2.29. The molecule has 0 radical (unpaired) electrons. The van der Waals surface area contributed by atoms with Gasteiger partial charge in [0.05, 0.1) is 18.3 Å². The van der Waals surface area contributed by atoms with E-state index in [9.17, 15) is 5.11 Å². The Labute approximate surface area is 93.7 Å². The average molecular weight is 215 g/mol. The first-order chi connectivity index (χ1) is 7.74. The highest BCUT2D eigenvalue weighted by Gasteiger charge is 2.19. The first-order valence-electron chi connectivity index (χ1n) is 5.47. The summed E-state index contributed by atoms with van der Waals surface area (Å²) >= 11 is 0. The summed E-state index contributed by atoms with van der Waals surface area (Å²) in [6.45, 7) is 2.91. The number of aromatic hydroxyl groups is 1. The van der Waals surface area contributed by atoms with Gasteiger partial charge in [-0.15, -0.1) is 0 Å². The molecule has 1 aliphatic heterocycles. The minimum absolute atomic E-state index is 0.279. The van der Waals surface area contributed by atoms with Crippen molar-refractivity contribution in [2.75, 3.05) is 6.61 Å². The van der Waals surface area contributed by atoms with Gasteiger partial charge in [0.1, 0.15) is 11.5 Å². The van der Waals surface area contributed by atoms with Gasteiger partial charge in [-0.2, -0.15) is 0 Å². The van der Waals surface area contributed by atoms with E-state index in [1.807, 2.05) is 6.07 Å². The number of ether oxygens (including phenoxy) is 1. The Balaban J connectivity index is 2.28. The molecule has 0 fully saturated rings. The van der Waals surface area contributed by atoms with Crippen molar-refractivity contribution in [2.45, 2.75) is 13.3 Å². The zero-order valence-electron chi connectivity index (χ0n) is 9.10. The summed E-state index contributed by atoms with van der Waals surface area (Å²) in [4.78, 5) is 4.32. The van der Waals surface area contributed by atoms with Gasteiger partial charge in [-0.25, -0.2) is 0 Å². The van der Waals surface area contributed by atoms with Crippen molar-refractivity contribution in [3.05, 3.63) is 30.0 Å². The summed E-state index contributed by atoms with van der Waals surface area (Å²) in [7, 11) is 0. The Hall–Kier alpha value is -1.77. The summed E-state index contributed by atoms with van der Waals surface area (Å²) < 4.78 is 5.64. The fourth-order valence-electron chi connectivity index (χ4n) is 2.19. The van der Waals surface area contributed by atoms with Crippen LogP contribution in [0.2, 0.25) is 0 Å². The number of pyridine rings is 1. The third-order valence-corrected chi connectivity index (χ3v) is 3.00. The second-order valence-electron chi connectivity index (χ2n) is 4.42. The van der Waals surface area contributed by atoms with Crippen LogP contribution in [0.4, 0.5) is 0 Å². The van der Waals surface area contributed by atoms with Crippen molar-refractivity contribution >= 4 is 10.9 Å². The third-order valence-electron chi connectivity index (χ3n) is 3.00. The van der Waals surface area contributed by atoms with Gasteiger partial charge >= 0.3 is 0 Å². The fraction of sp³-hybridized carbons (Fsp3) is 0.308. The number of hydrogen-bond donors (Lipinski definition) is 1. The van der Waals surface area contributed by atoms with Crippen LogP contribution in [-0.2, 0) is 6.42 Å². The number of benzene rings is 1. The molecule has 3 heteroatoms. The van der Waals surface area contributed by atoms with Crippen LogP contribution in [-0.4, -0.2) is 16.7 Å². The van der Waals surface area contributed by atoms with E-state index in [2.05, 4.69) is 11.9 Å². The molecule has 1 atom stereocenters. The van der Waals surface area contributed by atoms with Gasteiger partial charge in [0.25, 0.3) is 0 Å². The lowest BCUT2D eigenvalue weighted by Crippen LogP contribution is -2.18. The summed E-state index contributed by atoms with van der Waals surface area (Å²) in [5.41, 5.74) is 2.08. The van der Waals surface area contributed by atoms with E-state index < -0.39 is 0 Å². The Morgan fingerprint density at radius 1 is 1.44 bits per heavy atom. The van der Waals surface area contributed by atoms with Crippen molar-refractivity contribution in [1.29, 1.82) is 0 Å². The van der Waals surface area contributed by atoms with E-state index in [0.717, 1.165) is 29.7 Å². The molecule has 3 rings (SSSR count). The molecule has 0 saturated heterocycles. The summed E-state index contributed by atoms with van der Waals surface area (Å²) in [6.07, 6.45) is 2.76. The Morgan fingerprint density at radius 2 is 2.31 bits per heavy atom. The van der Waals surface area contributed by atoms with Crippen LogP contribution in [0.1, 0.15) is 12.5 Å². The molecule has 0 amide bonds. The van der Waals surface area contributed by atoms with Gasteiger partial charge < -0.3 is 9.84 Å². The van der Waals surface area contributed by atoms with E-state index in [0.29, 0.717) is 5.92 Å². The van der Waals surface area contributed by atoms with Gasteiger partial charge in [0.15, 0.2) is 0 Å². The van der Waals surface area contributed by atoms with Crippen LogP contribution in [0, 0.1) is 5.92 Å². The number of nitrogens with zero attached hydrogens (tertiary/aromatic N) is 1. The molecule has 1 unspecified atom stereocenters. The second kappa shape index (κ2) is 3.37. The lowest BCUT2D eigenvalue weighted by Gasteiger charge is -2.23. The molecule has 1 aliphatic rings. The van der Waals surface area contributed by atoms with Crippen LogP contribution < -0.4 is 4.74 Å². The number of fused-ring (bicyclic) bond motifs is 3. The molecule has 3 nitrogen and oxygen atoms in total. The zero-order valence-corrected chi connectivity index (χ0v) is 9.10. The maximum absolute atomic E-state index is 9.53. The van der Waals surface area contributed by atoms with Crippen molar-refractivity contribution in [1.82, 2.24) is 4.98 Å². The number of phenols is 1. The first-order valence-corrected chi connectivity index (χ1v) is 5.47. The van der Waals surface area contributed by atoms with Crippen LogP contribution in [0.3, 0.4) is 0 Å². The number of aromatic nitrogens is 1. The van der Waals surface area contributed by atoms with E-state index in [1.165, 1.54) is 5.56 Å². The molecular formula is C13H13NO2. The largest absolute Gasteiger partial charge is 0.508 e. The maximum Gasteiger partial charge on any atom is 0.141 e. The van der Waals surface area contributed by atoms with Crippen LogP contribution in [0.25, 0.3) is 10.9 Å². The van der Waals surface area contributed by atoms with Gasteiger partial charge in [0.2, 0.25) is 0 Å². The van der Waals surface area contributed by atoms with Crippen molar-refractivity contribution in [3.63, 3.8) is 0 Å². The molecule has 0 saturated carbocycles. The molecule has 0 bridgehead atoms. The van der Waals surface area contributed by atoms with Crippen LogP contribution in [0.15, 0.2) is 24.4 Å². The topological polar surface area (TPSA) is 42.4 Å². The molecule has 0 aliphatic carbocycles. The number of hydrogen-bond acceptors (Lipinski definition) is 3. The van der Waals surface area contributed by atoms with Crippen molar-refractivity contribution < 1.29 is 9.84 Å². The molecule has 1 aromatic carbocycles. The summed E-state index contributed by atoms with van der Waals surface area (Å²) in [6, 6.07) is 5.27. The highest BCUT2D eigenvalue weighted by molar-refractivity contribution is 5.85. The summed E-state index contributed by atoms with van der Waals surface area (Å²) in [5.74, 6) is 1.65. The minimum Gasteiger partial charge on any atom is -0.508 e. The quantitative estimate of drug-likeness (QED) is 0.734. The van der Waals surface area contributed by atoms with Gasteiger partial charge in [-0.05, 0) is 30.5 Å². The maximum atomic E-state index is 9.53. The first kappa shape index (κ1) is 9.46. The molecule has 16 heavy (non-hydrogen) atoms. The fourth-order valence-corrected chi connectivity index (χ4v) is 2.19. The standard InChI is InChI=1S/C13H13NO2/c1-8-4-11-10-5-9(15)2-3-12(10)14-6-13(11)16-7-8/h2-3,5-6,8,15H,4,7H2,1H3. The molecule has 2 heterocycles. The predicted octanol–water partition coefficient (Wildman–Crippen LogP) is 2.51. The smallest absolute Gasteiger partial charge is 0.141 e. The highest BCUT2D eigenvalue weighted by atomic mass is 16.5. The van der Waals surface area contributed by atoms with E-state index in [-0.39, 0.29) is 5.75 Å². The van der Waals surface area contributed by atoms with Gasteiger partial charge in [-0.1, -0.05) is 6.92 Å². The summed E-state index contributed by atoms with van der Waals surface area (Å²) in [5, 5.41) is 10.5. The number of rotatable bonds is 0. The Bertz CT molecular complexity index is 551. The normalized spacial score (nSPS) is 19.2. The lowest BCUT2D eigenvalue weighted by atomic mass is 9.95. The van der Waals surface area contributed by atoms with Crippen molar-refractivity contribution in [3.8, 4) is 11.5 Å². The Morgan fingerprint density at radius 3 is 3.19 bits per heavy atom. The second-order valence-corrected chi connectivity index (χ2v) is 4.42. The molecule has 0 spiro atoms. The molecule has 2 aromatic rings. The zero-order chi connectivity index (χ0) is 11.1. The van der Waals surface area contributed by atoms with E-state index in [4.69, 9.17) is 4.74 Å². The minimum atomic E-state index is 0.279. The monoisotopic (exact) mass is 215 g/mol.